The van der Waals surface area contributed by atoms with E-state index in [1.165, 1.54) is 11.3 Å². The number of para-hydroxylation sites is 1. The van der Waals surface area contributed by atoms with E-state index in [-0.39, 0.29) is 42.9 Å². The first-order chi connectivity index (χ1) is 11.7. The van der Waals surface area contributed by atoms with Gasteiger partial charge in [-0.3, -0.25) is 4.79 Å². The molecule has 2 saturated heterocycles. The number of amides is 1. The second kappa shape index (κ2) is 10.9. The van der Waals surface area contributed by atoms with Crippen LogP contribution in [0.3, 0.4) is 0 Å². The number of nitrogens with one attached hydrogen (secondary N) is 1. The number of rotatable bonds is 4. The maximum atomic E-state index is 12.8. The average Bonchev–Trinajstić information content (AvgIpc) is 2.63. The quantitative estimate of drug-likeness (QED) is 0.825. The number of hydrogen-bond acceptors (Lipinski definition) is 5. The van der Waals surface area contributed by atoms with Crippen molar-refractivity contribution in [3.05, 3.63) is 29.8 Å². The van der Waals surface area contributed by atoms with Gasteiger partial charge in [0, 0.05) is 38.9 Å². The summed E-state index contributed by atoms with van der Waals surface area (Å²) in [7, 11) is 1.86. The third-order valence-electron chi connectivity index (χ3n) is 4.71. The summed E-state index contributed by atoms with van der Waals surface area (Å²) in [6, 6.07) is 8.04. The van der Waals surface area contributed by atoms with Gasteiger partial charge in [0.15, 0.2) is 0 Å². The molecule has 1 N–H and O–H groups in total. The normalized spacial score (nSPS) is 22.8. The molecule has 0 unspecified atom stereocenters. The fourth-order valence-electron chi connectivity index (χ4n) is 3.34. The lowest BCUT2D eigenvalue weighted by molar-refractivity contribution is -0.138. The molecule has 1 amide bonds. The fourth-order valence-corrected chi connectivity index (χ4v) is 3.34. The number of anilines is 1. The van der Waals surface area contributed by atoms with Gasteiger partial charge in [0.25, 0.3) is 0 Å². The van der Waals surface area contributed by atoms with Gasteiger partial charge in [-0.2, -0.15) is 0 Å². The molecule has 148 valence electrons. The van der Waals surface area contributed by atoms with Crippen molar-refractivity contribution < 1.29 is 14.3 Å². The number of carbonyl (C=O) groups excluding carboxylic acids is 1. The van der Waals surface area contributed by atoms with E-state index in [1.54, 1.807) is 4.90 Å². The van der Waals surface area contributed by atoms with Crippen molar-refractivity contribution in [1.82, 2.24) is 10.2 Å². The highest BCUT2D eigenvalue weighted by Crippen LogP contribution is 2.23. The summed E-state index contributed by atoms with van der Waals surface area (Å²) in [5, 5.41) is 3.27. The molecule has 0 radical (unpaired) electrons. The molecular weight excluding hydrogens is 377 g/mol. The Morgan fingerprint density at radius 2 is 1.92 bits per heavy atom. The molecule has 2 atom stereocenters. The molecule has 1 aromatic rings. The summed E-state index contributed by atoms with van der Waals surface area (Å²) in [5.74, 6) is 0.0824. The van der Waals surface area contributed by atoms with Gasteiger partial charge in [0.1, 0.15) is 6.04 Å². The molecular formula is C18H29Cl2N3O3. The number of nitrogens with zero attached hydrogens (tertiary/aromatic N) is 2. The first kappa shape index (κ1) is 23.0. The second-order valence-corrected chi connectivity index (χ2v) is 6.43. The number of ether oxygens (including phenoxy) is 2. The van der Waals surface area contributed by atoms with Gasteiger partial charge >= 0.3 is 0 Å². The van der Waals surface area contributed by atoms with Crippen LogP contribution in [0.1, 0.15) is 12.5 Å². The van der Waals surface area contributed by atoms with Crippen LogP contribution in [0.25, 0.3) is 0 Å². The Hall–Kier alpha value is -1.05. The van der Waals surface area contributed by atoms with Crippen LogP contribution in [0.4, 0.5) is 5.69 Å². The van der Waals surface area contributed by atoms with Crippen LogP contribution in [0.15, 0.2) is 24.3 Å². The molecule has 0 spiro atoms. The predicted octanol–water partition coefficient (Wildman–Crippen LogP) is 1.70. The first-order valence-corrected chi connectivity index (χ1v) is 8.67. The highest BCUT2D eigenvalue weighted by Gasteiger charge is 2.30. The Kier molecular flexibility index (Phi) is 9.68. The van der Waals surface area contributed by atoms with E-state index < -0.39 is 0 Å². The Bertz CT molecular complexity index is 570. The van der Waals surface area contributed by atoms with E-state index in [0.29, 0.717) is 13.2 Å². The van der Waals surface area contributed by atoms with Crippen LogP contribution in [-0.4, -0.2) is 69.5 Å². The molecule has 26 heavy (non-hydrogen) atoms. The molecule has 2 aliphatic rings. The molecule has 6 nitrogen and oxygen atoms in total. The van der Waals surface area contributed by atoms with Crippen molar-refractivity contribution in [2.24, 2.45) is 0 Å². The van der Waals surface area contributed by atoms with Crippen LogP contribution in [-0.2, 0) is 20.8 Å². The topological polar surface area (TPSA) is 54.0 Å². The Morgan fingerprint density at radius 1 is 1.23 bits per heavy atom. The third-order valence-corrected chi connectivity index (χ3v) is 4.71. The lowest BCUT2D eigenvalue weighted by atomic mass is 10.1. The van der Waals surface area contributed by atoms with Crippen molar-refractivity contribution >= 4 is 36.4 Å². The fraction of sp³-hybridized carbons (Fsp3) is 0.611. The Labute approximate surface area is 168 Å². The third kappa shape index (κ3) is 5.47. The zero-order valence-corrected chi connectivity index (χ0v) is 17.0. The zero-order chi connectivity index (χ0) is 16.9. The summed E-state index contributed by atoms with van der Waals surface area (Å²) in [5.41, 5.74) is 2.36. The summed E-state index contributed by atoms with van der Waals surface area (Å²) in [4.78, 5) is 16.9. The lowest BCUT2D eigenvalue weighted by Gasteiger charge is -2.34. The monoisotopic (exact) mass is 405 g/mol. The summed E-state index contributed by atoms with van der Waals surface area (Å²) in [6.45, 7) is 7.22. The lowest BCUT2D eigenvalue weighted by Crippen LogP contribution is -2.55. The van der Waals surface area contributed by atoms with E-state index in [2.05, 4.69) is 28.4 Å². The van der Waals surface area contributed by atoms with E-state index in [0.717, 1.165) is 32.8 Å². The van der Waals surface area contributed by atoms with Crippen molar-refractivity contribution in [2.75, 3.05) is 51.4 Å². The van der Waals surface area contributed by atoms with Crippen LogP contribution >= 0.6 is 24.8 Å². The maximum absolute atomic E-state index is 12.8. The number of likely N-dealkylation sites (N-methyl/N-ethyl adjacent to an activating group) is 1. The smallest absolute Gasteiger partial charge is 0.242 e. The van der Waals surface area contributed by atoms with Gasteiger partial charge < -0.3 is 24.6 Å². The van der Waals surface area contributed by atoms with Crippen LogP contribution in [0, 0.1) is 0 Å². The molecule has 3 rings (SSSR count). The Morgan fingerprint density at radius 3 is 2.62 bits per heavy atom. The van der Waals surface area contributed by atoms with Crippen LogP contribution in [0.5, 0.6) is 0 Å². The molecule has 1 aromatic carbocycles. The van der Waals surface area contributed by atoms with E-state index in [1.807, 2.05) is 20.0 Å². The molecule has 2 fully saturated rings. The standard InChI is InChI=1S/C18H27N3O3.2ClH/c1-14-17(19-7-10-24-14)18(22)20(2)13-15-5-3-4-6-16(15)21-8-11-23-12-9-21;;/h3-6,14,17,19H,7-13H2,1-2H3;2*1H/t14-,17+;;/m1../s1. The highest BCUT2D eigenvalue weighted by atomic mass is 35.5. The molecule has 0 saturated carbocycles. The molecule has 0 aromatic heterocycles. The largest absolute Gasteiger partial charge is 0.378 e. The number of carbonyl (C=O) groups is 1. The predicted molar refractivity (Wildman–Crippen MR) is 108 cm³/mol. The van der Waals surface area contributed by atoms with E-state index in [4.69, 9.17) is 9.47 Å². The van der Waals surface area contributed by atoms with Gasteiger partial charge in [0.05, 0.1) is 25.9 Å². The molecule has 8 heteroatoms. The summed E-state index contributed by atoms with van der Waals surface area (Å²) in [6.07, 6.45) is -0.0943. The van der Waals surface area contributed by atoms with Gasteiger partial charge in [-0.25, -0.2) is 0 Å². The Balaban J connectivity index is 0.00000169. The van der Waals surface area contributed by atoms with E-state index >= 15 is 0 Å². The molecule has 0 aliphatic carbocycles. The van der Waals surface area contributed by atoms with Gasteiger partial charge in [-0.05, 0) is 18.6 Å². The minimum absolute atomic E-state index is 0. The van der Waals surface area contributed by atoms with Gasteiger partial charge in [-0.1, -0.05) is 18.2 Å². The van der Waals surface area contributed by atoms with Crippen molar-refractivity contribution in [1.29, 1.82) is 0 Å². The summed E-state index contributed by atoms with van der Waals surface area (Å²) < 4.78 is 11.0. The number of morpholine rings is 2. The molecule has 2 heterocycles. The van der Waals surface area contributed by atoms with Crippen molar-refractivity contribution in [3.63, 3.8) is 0 Å². The maximum Gasteiger partial charge on any atom is 0.242 e. The second-order valence-electron chi connectivity index (χ2n) is 6.43. The van der Waals surface area contributed by atoms with Gasteiger partial charge in [-0.15, -0.1) is 24.8 Å². The first-order valence-electron chi connectivity index (χ1n) is 8.67. The number of hydrogen-bond donors (Lipinski definition) is 1. The minimum Gasteiger partial charge on any atom is -0.378 e. The van der Waals surface area contributed by atoms with E-state index in [9.17, 15) is 4.79 Å². The van der Waals surface area contributed by atoms with Crippen LogP contribution in [0.2, 0.25) is 0 Å². The highest BCUT2D eigenvalue weighted by molar-refractivity contribution is 5.85. The average molecular weight is 406 g/mol. The van der Waals surface area contributed by atoms with Crippen molar-refractivity contribution in [2.45, 2.75) is 25.6 Å². The number of benzene rings is 1. The van der Waals surface area contributed by atoms with Crippen LogP contribution < -0.4 is 10.2 Å². The molecule has 2 aliphatic heterocycles. The zero-order valence-electron chi connectivity index (χ0n) is 15.3. The summed E-state index contributed by atoms with van der Waals surface area (Å²) >= 11 is 0. The number of halogens is 2. The SMILES string of the molecule is C[C@H]1OCCN[C@@H]1C(=O)N(C)Cc1ccccc1N1CCOCC1.Cl.Cl. The van der Waals surface area contributed by atoms with Gasteiger partial charge in [0.2, 0.25) is 5.91 Å². The minimum atomic E-state index is -0.265. The van der Waals surface area contributed by atoms with Crippen molar-refractivity contribution in [3.8, 4) is 0 Å². The molecule has 0 bridgehead atoms.